The Balaban J connectivity index is 1.45. The smallest absolute Gasteiger partial charge is 0.226 e. The van der Waals surface area contributed by atoms with Gasteiger partial charge in [0.25, 0.3) is 0 Å². The van der Waals surface area contributed by atoms with Crippen molar-refractivity contribution in [1.29, 1.82) is 0 Å². The van der Waals surface area contributed by atoms with E-state index in [4.69, 9.17) is 0 Å². The van der Waals surface area contributed by atoms with Crippen molar-refractivity contribution >= 4 is 11.8 Å². The van der Waals surface area contributed by atoms with E-state index in [2.05, 4.69) is 17.4 Å². The molecule has 2 atom stereocenters. The van der Waals surface area contributed by atoms with Crippen LogP contribution in [0.15, 0.2) is 60.7 Å². The summed E-state index contributed by atoms with van der Waals surface area (Å²) in [4.78, 5) is 26.8. The predicted molar refractivity (Wildman–Crippen MR) is 102 cm³/mol. The molecule has 0 spiro atoms. The highest BCUT2D eigenvalue weighted by atomic mass is 16.2. The molecule has 0 heterocycles. The Morgan fingerprint density at radius 1 is 0.962 bits per heavy atom. The monoisotopic (exact) mass is 350 g/mol. The van der Waals surface area contributed by atoms with Gasteiger partial charge in [-0.25, -0.2) is 0 Å². The van der Waals surface area contributed by atoms with E-state index in [0.717, 1.165) is 12.0 Å². The number of carbonyl (C=O) groups is 2. The van der Waals surface area contributed by atoms with Gasteiger partial charge in [-0.05, 0) is 30.9 Å². The Labute approximate surface area is 155 Å². The topological polar surface area (TPSA) is 49.4 Å². The average molecular weight is 350 g/mol. The van der Waals surface area contributed by atoms with E-state index in [1.807, 2.05) is 60.4 Å². The van der Waals surface area contributed by atoms with Crippen molar-refractivity contribution < 1.29 is 9.59 Å². The second kappa shape index (κ2) is 8.65. The second-order valence-electron chi connectivity index (χ2n) is 6.81. The molecule has 26 heavy (non-hydrogen) atoms. The summed E-state index contributed by atoms with van der Waals surface area (Å²) in [6.07, 6.45) is 1.48. The van der Waals surface area contributed by atoms with Crippen molar-refractivity contribution in [2.45, 2.75) is 26.3 Å². The third kappa shape index (κ3) is 4.72. The fourth-order valence-corrected chi connectivity index (χ4v) is 3.25. The number of amides is 2. The van der Waals surface area contributed by atoms with Crippen molar-refractivity contribution in [3.8, 4) is 0 Å². The highest BCUT2D eigenvalue weighted by Crippen LogP contribution is 2.40. The molecule has 0 aromatic heterocycles. The van der Waals surface area contributed by atoms with E-state index in [0.29, 0.717) is 26.1 Å². The van der Waals surface area contributed by atoms with Crippen LogP contribution >= 0.6 is 0 Å². The van der Waals surface area contributed by atoms with Gasteiger partial charge in [0.05, 0.1) is 11.8 Å². The summed E-state index contributed by atoms with van der Waals surface area (Å²) in [5, 5.41) is 2.97. The van der Waals surface area contributed by atoms with Gasteiger partial charge < -0.3 is 10.2 Å². The lowest BCUT2D eigenvalue weighted by molar-refractivity contribution is -0.135. The molecule has 2 amide bonds. The van der Waals surface area contributed by atoms with E-state index in [9.17, 15) is 9.59 Å². The van der Waals surface area contributed by atoms with Gasteiger partial charge in [0.15, 0.2) is 0 Å². The van der Waals surface area contributed by atoms with Crippen LogP contribution in [0.5, 0.6) is 0 Å². The van der Waals surface area contributed by atoms with Crippen molar-refractivity contribution in [2.24, 2.45) is 11.8 Å². The first-order valence-electron chi connectivity index (χ1n) is 9.33. The first-order chi connectivity index (χ1) is 12.7. The largest absolute Gasteiger partial charge is 0.356 e. The van der Waals surface area contributed by atoms with Crippen LogP contribution in [0.4, 0.5) is 0 Å². The third-order valence-electron chi connectivity index (χ3n) is 4.91. The van der Waals surface area contributed by atoms with E-state index in [1.54, 1.807) is 0 Å². The number of nitrogens with one attached hydrogen (secondary N) is 1. The Hall–Kier alpha value is -2.62. The van der Waals surface area contributed by atoms with Crippen LogP contribution < -0.4 is 5.32 Å². The van der Waals surface area contributed by atoms with Crippen LogP contribution in [-0.4, -0.2) is 29.8 Å². The summed E-state index contributed by atoms with van der Waals surface area (Å²) >= 11 is 0. The summed E-state index contributed by atoms with van der Waals surface area (Å²) in [6.45, 7) is 3.86. The lowest BCUT2D eigenvalue weighted by Crippen LogP contribution is -2.34. The molecular formula is C22H26N2O2. The third-order valence-corrected chi connectivity index (χ3v) is 4.91. The van der Waals surface area contributed by atoms with Gasteiger partial charge in [0, 0.05) is 19.6 Å². The Bertz CT molecular complexity index is 730. The molecule has 136 valence electrons. The van der Waals surface area contributed by atoms with E-state index in [-0.39, 0.29) is 23.7 Å². The van der Waals surface area contributed by atoms with Crippen LogP contribution in [0.25, 0.3) is 0 Å². The number of nitrogens with zero attached hydrogens (tertiary/aromatic N) is 1. The fourth-order valence-electron chi connectivity index (χ4n) is 3.25. The summed E-state index contributed by atoms with van der Waals surface area (Å²) < 4.78 is 0. The molecule has 2 aromatic rings. The number of hydrogen-bond acceptors (Lipinski definition) is 2. The Morgan fingerprint density at radius 2 is 1.58 bits per heavy atom. The van der Waals surface area contributed by atoms with Crippen LogP contribution in [0.3, 0.4) is 0 Å². The highest BCUT2D eigenvalue weighted by molar-refractivity contribution is 5.92. The SMILES string of the molecule is CCN(Cc1ccccc1)C(=O)C1CC1C(=O)NCCc1ccccc1. The zero-order chi connectivity index (χ0) is 18.4. The number of benzene rings is 2. The second-order valence-corrected chi connectivity index (χ2v) is 6.81. The highest BCUT2D eigenvalue weighted by Gasteiger charge is 2.49. The molecule has 0 saturated heterocycles. The summed E-state index contributed by atoms with van der Waals surface area (Å²) in [6, 6.07) is 20.1. The quantitative estimate of drug-likeness (QED) is 0.795. The molecule has 2 unspecified atom stereocenters. The van der Waals surface area contributed by atoms with Gasteiger partial charge in [0.1, 0.15) is 0 Å². The zero-order valence-electron chi connectivity index (χ0n) is 15.2. The zero-order valence-corrected chi connectivity index (χ0v) is 15.2. The van der Waals surface area contributed by atoms with Crippen molar-refractivity contribution in [1.82, 2.24) is 10.2 Å². The lowest BCUT2D eigenvalue weighted by Gasteiger charge is -2.21. The van der Waals surface area contributed by atoms with Gasteiger partial charge >= 0.3 is 0 Å². The summed E-state index contributed by atoms with van der Waals surface area (Å²) in [5.74, 6) is -0.215. The summed E-state index contributed by atoms with van der Waals surface area (Å²) in [5.41, 5.74) is 2.32. The fraction of sp³-hybridized carbons (Fsp3) is 0.364. The van der Waals surface area contributed by atoms with Crippen LogP contribution in [0.1, 0.15) is 24.5 Å². The van der Waals surface area contributed by atoms with Crippen LogP contribution in [-0.2, 0) is 22.6 Å². The molecule has 0 aliphatic heterocycles. The molecule has 0 bridgehead atoms. The maximum Gasteiger partial charge on any atom is 0.226 e. The Kier molecular flexibility index (Phi) is 6.05. The van der Waals surface area contributed by atoms with Gasteiger partial charge in [0.2, 0.25) is 11.8 Å². The van der Waals surface area contributed by atoms with Crippen molar-refractivity contribution in [2.75, 3.05) is 13.1 Å². The molecule has 0 radical (unpaired) electrons. The Morgan fingerprint density at radius 3 is 2.19 bits per heavy atom. The first-order valence-corrected chi connectivity index (χ1v) is 9.33. The molecule has 3 rings (SSSR count). The maximum atomic E-state index is 12.7. The molecule has 1 saturated carbocycles. The van der Waals surface area contributed by atoms with E-state index in [1.165, 1.54) is 5.56 Å². The average Bonchev–Trinajstić information content (AvgIpc) is 3.48. The molecule has 2 aromatic carbocycles. The lowest BCUT2D eigenvalue weighted by atomic mass is 10.1. The van der Waals surface area contributed by atoms with Crippen molar-refractivity contribution in [3.05, 3.63) is 71.8 Å². The maximum absolute atomic E-state index is 12.7. The number of rotatable bonds is 8. The number of carbonyl (C=O) groups excluding carboxylic acids is 2. The predicted octanol–water partition coefficient (Wildman–Crippen LogP) is 3.03. The molecule has 1 N–H and O–H groups in total. The molecule has 1 aliphatic carbocycles. The normalized spacial score (nSPS) is 18.2. The van der Waals surface area contributed by atoms with Gasteiger partial charge in [-0.2, -0.15) is 0 Å². The first kappa shape index (κ1) is 18.2. The summed E-state index contributed by atoms with van der Waals surface area (Å²) in [7, 11) is 0. The van der Waals surface area contributed by atoms with E-state index >= 15 is 0 Å². The van der Waals surface area contributed by atoms with Gasteiger partial charge in [-0.3, -0.25) is 9.59 Å². The minimum absolute atomic E-state index is 0.00930. The van der Waals surface area contributed by atoms with Crippen LogP contribution in [0.2, 0.25) is 0 Å². The molecule has 1 aliphatic rings. The van der Waals surface area contributed by atoms with Gasteiger partial charge in [-0.1, -0.05) is 60.7 Å². The van der Waals surface area contributed by atoms with Crippen LogP contribution in [0, 0.1) is 11.8 Å². The molecule has 4 nitrogen and oxygen atoms in total. The minimum atomic E-state index is -0.164. The number of hydrogen-bond donors (Lipinski definition) is 1. The minimum Gasteiger partial charge on any atom is -0.356 e. The molecule has 1 fully saturated rings. The molecular weight excluding hydrogens is 324 g/mol. The van der Waals surface area contributed by atoms with E-state index < -0.39 is 0 Å². The standard InChI is InChI=1S/C22H26N2O2/c1-2-24(16-18-11-7-4-8-12-18)22(26)20-15-19(20)21(25)23-14-13-17-9-5-3-6-10-17/h3-12,19-20H,2,13-16H2,1H3,(H,23,25). The van der Waals surface area contributed by atoms with Gasteiger partial charge in [-0.15, -0.1) is 0 Å². The molecule has 4 heteroatoms. The van der Waals surface area contributed by atoms with Crippen molar-refractivity contribution in [3.63, 3.8) is 0 Å².